The molecule has 31 heavy (non-hydrogen) atoms. The van der Waals surface area contributed by atoms with Crippen molar-refractivity contribution in [3.8, 4) is 0 Å². The first-order valence-corrected chi connectivity index (χ1v) is 13.8. The van der Waals surface area contributed by atoms with Crippen molar-refractivity contribution in [3.05, 3.63) is 24.3 Å². The van der Waals surface area contributed by atoms with Crippen molar-refractivity contribution >= 4 is 0 Å². The Morgan fingerprint density at radius 2 is 1.87 bits per heavy atom. The molecule has 0 bridgehead atoms. The maximum absolute atomic E-state index is 10.2. The van der Waals surface area contributed by atoms with E-state index >= 15 is 0 Å². The highest BCUT2D eigenvalue weighted by atomic mass is 16.3. The van der Waals surface area contributed by atoms with Crippen LogP contribution in [0.25, 0.3) is 0 Å². The van der Waals surface area contributed by atoms with Crippen LogP contribution in [-0.2, 0) is 0 Å². The van der Waals surface area contributed by atoms with Crippen LogP contribution in [-0.4, -0.2) is 11.2 Å². The van der Waals surface area contributed by atoms with Crippen LogP contribution < -0.4 is 0 Å². The number of allylic oxidation sites excluding steroid dienone is 2. The third-order valence-electron chi connectivity index (χ3n) is 11.1. The van der Waals surface area contributed by atoms with Crippen molar-refractivity contribution in [1.29, 1.82) is 0 Å². The van der Waals surface area contributed by atoms with Crippen LogP contribution >= 0.6 is 0 Å². The highest BCUT2D eigenvalue weighted by Gasteiger charge is 2.59. The zero-order chi connectivity index (χ0) is 22.2. The Morgan fingerprint density at radius 3 is 2.65 bits per heavy atom. The molecule has 176 valence electrons. The van der Waals surface area contributed by atoms with E-state index in [1.165, 1.54) is 70.6 Å². The predicted octanol–water partition coefficient (Wildman–Crippen LogP) is 8.34. The molecule has 1 N–H and O–H groups in total. The lowest BCUT2D eigenvalue weighted by Gasteiger charge is -2.58. The molecule has 0 saturated heterocycles. The molecule has 4 aliphatic carbocycles. The Bertz CT molecular complexity index is 663. The molecule has 0 spiro atoms. The molecule has 1 unspecified atom stereocenters. The lowest BCUT2D eigenvalue weighted by Crippen LogP contribution is -2.50. The first kappa shape index (κ1) is 23.6. The lowest BCUT2D eigenvalue weighted by molar-refractivity contribution is -0.0573. The van der Waals surface area contributed by atoms with E-state index in [0.717, 1.165) is 48.3 Å². The van der Waals surface area contributed by atoms with Gasteiger partial charge in [-0.1, -0.05) is 64.7 Å². The van der Waals surface area contributed by atoms with Gasteiger partial charge in [-0.2, -0.15) is 0 Å². The van der Waals surface area contributed by atoms with Crippen molar-refractivity contribution in [2.75, 3.05) is 0 Å². The Labute approximate surface area is 193 Å². The lowest BCUT2D eigenvalue weighted by atomic mass is 9.47. The fourth-order valence-electron chi connectivity index (χ4n) is 9.15. The summed E-state index contributed by atoms with van der Waals surface area (Å²) in [6, 6.07) is 0. The molecule has 0 aromatic heterocycles. The Kier molecular flexibility index (Phi) is 7.12. The first-order chi connectivity index (χ1) is 14.8. The summed E-state index contributed by atoms with van der Waals surface area (Å²) in [5.74, 6) is 5.38. The summed E-state index contributed by atoms with van der Waals surface area (Å²) in [5.41, 5.74) is 2.57. The summed E-state index contributed by atoms with van der Waals surface area (Å²) in [6.07, 6.45) is 21.6. The smallest absolute Gasteiger partial charge is 0.0577 e. The predicted molar refractivity (Wildman–Crippen MR) is 133 cm³/mol. The molecular weight excluding hydrogens is 376 g/mol. The topological polar surface area (TPSA) is 20.2 Å². The molecule has 3 saturated carbocycles. The summed E-state index contributed by atoms with van der Waals surface area (Å²) in [5, 5.41) is 10.2. The largest absolute Gasteiger partial charge is 0.393 e. The van der Waals surface area contributed by atoms with Crippen LogP contribution in [0.15, 0.2) is 24.3 Å². The molecule has 4 rings (SSSR count). The van der Waals surface area contributed by atoms with Crippen LogP contribution in [0.4, 0.5) is 0 Å². The van der Waals surface area contributed by atoms with Crippen molar-refractivity contribution in [1.82, 2.24) is 0 Å². The highest BCUT2D eigenvalue weighted by Crippen LogP contribution is 2.67. The maximum atomic E-state index is 10.2. The molecule has 1 nitrogen and oxygen atoms in total. The van der Waals surface area contributed by atoms with Crippen molar-refractivity contribution in [2.24, 2.45) is 46.3 Å². The second-order valence-corrected chi connectivity index (χ2v) is 12.8. The van der Waals surface area contributed by atoms with Gasteiger partial charge in [-0.05, 0) is 111 Å². The van der Waals surface area contributed by atoms with Gasteiger partial charge in [0, 0.05) is 0 Å². The molecule has 0 heterocycles. The molecule has 1 heteroatoms. The fourth-order valence-corrected chi connectivity index (χ4v) is 9.15. The number of rotatable bonds is 8. The summed E-state index contributed by atoms with van der Waals surface area (Å²) >= 11 is 0. The van der Waals surface area contributed by atoms with Crippen LogP contribution in [0.2, 0.25) is 0 Å². The van der Waals surface area contributed by atoms with E-state index < -0.39 is 0 Å². The summed E-state index contributed by atoms with van der Waals surface area (Å²) in [6.45, 7) is 14.2. The fraction of sp³-hybridized carbons (Fsp3) is 0.867. The SMILES string of the molecule is C=CCCC(C)CCC[C@@H](C)[C@H]1CC[C@H]2[C@@H]3CC=C4C[C@@H](O)CC[C@]4(C)[C@H]3CC[C@]12C. The van der Waals surface area contributed by atoms with Gasteiger partial charge in [-0.25, -0.2) is 0 Å². The average Bonchev–Trinajstić information content (AvgIpc) is 3.10. The van der Waals surface area contributed by atoms with Gasteiger partial charge in [0.15, 0.2) is 0 Å². The minimum atomic E-state index is -0.0825. The summed E-state index contributed by atoms with van der Waals surface area (Å²) < 4.78 is 0. The molecule has 3 fully saturated rings. The molecule has 0 amide bonds. The van der Waals surface area contributed by atoms with Gasteiger partial charge in [0.05, 0.1) is 6.10 Å². The van der Waals surface area contributed by atoms with Crippen LogP contribution in [0.3, 0.4) is 0 Å². The third-order valence-corrected chi connectivity index (χ3v) is 11.1. The standard InChI is InChI=1S/C30H50O/c1-6-7-9-21(2)10-8-11-22(3)26-14-15-27-25-13-12-23-20-24(31)16-18-29(23,4)28(25)17-19-30(26,27)5/h6,12,21-22,24-28,31H,1,7-11,13-20H2,2-5H3/t21?,22-,24+,25+,26-,27+,28+,29+,30-/m1/s1. The zero-order valence-electron chi connectivity index (χ0n) is 21.0. The normalized spacial score (nSPS) is 43.9. The zero-order valence-corrected chi connectivity index (χ0v) is 21.0. The van der Waals surface area contributed by atoms with E-state index in [0.29, 0.717) is 10.8 Å². The van der Waals surface area contributed by atoms with E-state index in [4.69, 9.17) is 0 Å². The third kappa shape index (κ3) is 4.34. The Hall–Kier alpha value is -0.560. The number of aliphatic hydroxyl groups is 1. The molecule has 9 atom stereocenters. The van der Waals surface area contributed by atoms with E-state index in [-0.39, 0.29) is 6.10 Å². The van der Waals surface area contributed by atoms with Gasteiger partial charge >= 0.3 is 0 Å². The van der Waals surface area contributed by atoms with Crippen LogP contribution in [0, 0.1) is 46.3 Å². The van der Waals surface area contributed by atoms with Crippen LogP contribution in [0.1, 0.15) is 111 Å². The minimum absolute atomic E-state index is 0.0825. The number of hydrogen-bond acceptors (Lipinski definition) is 1. The van der Waals surface area contributed by atoms with E-state index in [1.807, 2.05) is 0 Å². The van der Waals surface area contributed by atoms with E-state index in [9.17, 15) is 5.11 Å². The number of aliphatic hydroxyl groups excluding tert-OH is 1. The van der Waals surface area contributed by atoms with Gasteiger partial charge in [0.25, 0.3) is 0 Å². The molecule has 0 aromatic rings. The molecular formula is C30H50O. The van der Waals surface area contributed by atoms with Crippen molar-refractivity contribution in [3.63, 3.8) is 0 Å². The molecule has 0 radical (unpaired) electrons. The van der Waals surface area contributed by atoms with Gasteiger partial charge in [0.2, 0.25) is 0 Å². The Morgan fingerprint density at radius 1 is 1.06 bits per heavy atom. The van der Waals surface area contributed by atoms with E-state index in [1.54, 1.807) is 5.57 Å². The van der Waals surface area contributed by atoms with Gasteiger partial charge < -0.3 is 5.11 Å². The van der Waals surface area contributed by atoms with Crippen LogP contribution in [0.5, 0.6) is 0 Å². The van der Waals surface area contributed by atoms with Gasteiger partial charge in [-0.15, -0.1) is 6.58 Å². The van der Waals surface area contributed by atoms with Gasteiger partial charge in [0.1, 0.15) is 0 Å². The second-order valence-electron chi connectivity index (χ2n) is 12.8. The van der Waals surface area contributed by atoms with Crippen molar-refractivity contribution < 1.29 is 5.11 Å². The molecule has 4 aliphatic rings. The minimum Gasteiger partial charge on any atom is -0.393 e. The monoisotopic (exact) mass is 426 g/mol. The van der Waals surface area contributed by atoms with E-state index in [2.05, 4.69) is 46.4 Å². The number of fused-ring (bicyclic) bond motifs is 5. The maximum Gasteiger partial charge on any atom is 0.0577 e. The summed E-state index contributed by atoms with van der Waals surface area (Å²) in [7, 11) is 0. The first-order valence-electron chi connectivity index (χ1n) is 13.8. The molecule has 0 aromatic carbocycles. The van der Waals surface area contributed by atoms with Gasteiger partial charge in [-0.3, -0.25) is 0 Å². The average molecular weight is 427 g/mol. The number of hydrogen-bond donors (Lipinski definition) is 1. The second kappa shape index (κ2) is 9.36. The highest BCUT2D eigenvalue weighted by molar-refractivity contribution is 5.25. The quantitative estimate of drug-likeness (QED) is 0.387. The summed E-state index contributed by atoms with van der Waals surface area (Å²) in [4.78, 5) is 0. The van der Waals surface area contributed by atoms with Crippen molar-refractivity contribution in [2.45, 2.75) is 117 Å². The molecule has 0 aliphatic heterocycles. The Balaban J connectivity index is 1.39.